The lowest BCUT2D eigenvalue weighted by Crippen LogP contribution is -2.35. The van der Waals surface area contributed by atoms with Crippen molar-refractivity contribution in [2.24, 2.45) is 0 Å². The summed E-state index contributed by atoms with van der Waals surface area (Å²) in [6.07, 6.45) is 1.95. The van der Waals surface area contributed by atoms with Gasteiger partial charge in [0.05, 0.1) is 19.3 Å². The Morgan fingerprint density at radius 2 is 2.33 bits per heavy atom. The van der Waals surface area contributed by atoms with E-state index in [1.807, 2.05) is 24.4 Å². The van der Waals surface area contributed by atoms with Crippen LogP contribution in [-0.4, -0.2) is 36.5 Å². The molecule has 0 amide bonds. The van der Waals surface area contributed by atoms with Gasteiger partial charge in [0.2, 0.25) is 0 Å². The van der Waals surface area contributed by atoms with Gasteiger partial charge in [0.25, 0.3) is 0 Å². The van der Waals surface area contributed by atoms with Crippen molar-refractivity contribution in [1.29, 1.82) is 0 Å². The normalized spacial score (nSPS) is 13.1. The molecular formula is C13H17ClN2O2. The molecule has 2 aromatic rings. The fraction of sp³-hybridized carbons (Fsp3) is 0.385. The third kappa shape index (κ3) is 3.03. The molecule has 1 atom stereocenters. The first-order valence-electron chi connectivity index (χ1n) is 5.83. The number of aromatic nitrogens is 1. The monoisotopic (exact) mass is 268 g/mol. The molecule has 18 heavy (non-hydrogen) atoms. The molecule has 0 aliphatic heterocycles. The predicted octanol–water partition coefficient (Wildman–Crippen LogP) is 1.92. The number of hydrogen-bond acceptors (Lipinski definition) is 3. The van der Waals surface area contributed by atoms with E-state index in [0.717, 1.165) is 21.5 Å². The number of nitrogens with one attached hydrogen (secondary N) is 2. The van der Waals surface area contributed by atoms with Gasteiger partial charge in [0.1, 0.15) is 0 Å². The van der Waals surface area contributed by atoms with Crippen molar-refractivity contribution in [3.63, 3.8) is 0 Å². The molecule has 98 valence electrons. The largest absolute Gasteiger partial charge is 0.395 e. The second-order valence-corrected chi connectivity index (χ2v) is 4.66. The number of rotatable bonds is 6. The van der Waals surface area contributed by atoms with Crippen LogP contribution in [0.5, 0.6) is 0 Å². The molecule has 0 aliphatic carbocycles. The Morgan fingerprint density at radius 1 is 1.50 bits per heavy atom. The van der Waals surface area contributed by atoms with Crippen LogP contribution in [0.3, 0.4) is 0 Å². The van der Waals surface area contributed by atoms with Crippen LogP contribution in [0, 0.1) is 0 Å². The molecule has 0 saturated carbocycles. The van der Waals surface area contributed by atoms with Crippen LogP contribution in [0.15, 0.2) is 24.4 Å². The molecule has 3 N–H and O–H groups in total. The van der Waals surface area contributed by atoms with Gasteiger partial charge in [-0.25, -0.2) is 0 Å². The molecule has 0 aliphatic rings. The maximum atomic E-state index is 9.17. The second-order valence-electron chi connectivity index (χ2n) is 4.22. The Kier molecular flexibility index (Phi) is 4.60. The van der Waals surface area contributed by atoms with Gasteiger partial charge in [0.15, 0.2) is 0 Å². The lowest BCUT2D eigenvalue weighted by atomic mass is 10.1. The Bertz CT molecular complexity index is 513. The number of halogens is 1. The minimum Gasteiger partial charge on any atom is -0.395 e. The Morgan fingerprint density at radius 3 is 3.06 bits per heavy atom. The standard InChI is InChI=1S/C13H17ClN2O2/c1-18-8-11(7-17)15-5-9-6-16-13-4-10(14)2-3-12(9)13/h2-4,6,11,15-17H,5,7-8H2,1H3. The maximum Gasteiger partial charge on any atom is 0.0638 e. The second kappa shape index (κ2) is 6.20. The predicted molar refractivity (Wildman–Crippen MR) is 72.9 cm³/mol. The van der Waals surface area contributed by atoms with Gasteiger partial charge >= 0.3 is 0 Å². The first-order chi connectivity index (χ1) is 8.74. The first kappa shape index (κ1) is 13.4. The van der Waals surface area contributed by atoms with Crippen molar-refractivity contribution in [3.05, 3.63) is 35.0 Å². The lowest BCUT2D eigenvalue weighted by Gasteiger charge is -2.14. The SMILES string of the molecule is COCC(CO)NCc1c[nH]c2cc(Cl)ccc12. The number of aliphatic hydroxyl groups excluding tert-OH is 1. The van der Waals surface area contributed by atoms with E-state index in [0.29, 0.717) is 13.2 Å². The number of methoxy groups -OCH3 is 1. The van der Waals surface area contributed by atoms with Crippen LogP contribution in [-0.2, 0) is 11.3 Å². The average molecular weight is 269 g/mol. The Hall–Kier alpha value is -1.07. The summed E-state index contributed by atoms with van der Waals surface area (Å²) >= 11 is 5.93. The molecule has 5 heteroatoms. The summed E-state index contributed by atoms with van der Waals surface area (Å²) in [7, 11) is 1.62. The van der Waals surface area contributed by atoms with E-state index in [-0.39, 0.29) is 12.6 Å². The van der Waals surface area contributed by atoms with E-state index >= 15 is 0 Å². The summed E-state index contributed by atoms with van der Waals surface area (Å²) in [5.41, 5.74) is 2.17. The third-order valence-corrected chi connectivity index (χ3v) is 3.13. The van der Waals surface area contributed by atoms with Crippen LogP contribution in [0.4, 0.5) is 0 Å². The maximum absolute atomic E-state index is 9.17. The molecule has 1 unspecified atom stereocenters. The van der Waals surface area contributed by atoms with Crippen LogP contribution in [0.1, 0.15) is 5.56 Å². The van der Waals surface area contributed by atoms with Crippen LogP contribution in [0.25, 0.3) is 10.9 Å². The number of benzene rings is 1. The van der Waals surface area contributed by atoms with Crippen molar-refractivity contribution in [3.8, 4) is 0 Å². The van der Waals surface area contributed by atoms with Crippen LogP contribution >= 0.6 is 11.6 Å². The van der Waals surface area contributed by atoms with E-state index < -0.39 is 0 Å². The van der Waals surface area contributed by atoms with Crippen LogP contribution in [0.2, 0.25) is 5.02 Å². The molecule has 4 nitrogen and oxygen atoms in total. The molecule has 0 bridgehead atoms. The summed E-state index contributed by atoms with van der Waals surface area (Å²) in [6, 6.07) is 5.72. The minimum absolute atomic E-state index is 0.0488. The number of ether oxygens (including phenoxy) is 1. The number of aliphatic hydroxyl groups is 1. The summed E-state index contributed by atoms with van der Waals surface area (Å²) in [4.78, 5) is 3.18. The van der Waals surface area contributed by atoms with Crippen LogP contribution < -0.4 is 5.32 Å². The number of H-pyrrole nitrogens is 1. The number of hydrogen-bond donors (Lipinski definition) is 3. The highest BCUT2D eigenvalue weighted by molar-refractivity contribution is 6.31. The topological polar surface area (TPSA) is 57.3 Å². The number of fused-ring (bicyclic) bond motifs is 1. The van der Waals surface area contributed by atoms with Crippen molar-refractivity contribution in [1.82, 2.24) is 10.3 Å². The molecule has 0 fully saturated rings. The summed E-state index contributed by atoms with van der Waals surface area (Å²) in [5, 5.41) is 14.3. The molecule has 2 rings (SSSR count). The fourth-order valence-electron chi connectivity index (χ4n) is 1.94. The zero-order valence-corrected chi connectivity index (χ0v) is 11.0. The zero-order chi connectivity index (χ0) is 13.0. The highest BCUT2D eigenvalue weighted by atomic mass is 35.5. The molecular weight excluding hydrogens is 252 g/mol. The molecule has 0 saturated heterocycles. The van der Waals surface area contributed by atoms with Gasteiger partial charge in [-0.15, -0.1) is 0 Å². The summed E-state index contributed by atoms with van der Waals surface area (Å²) in [6.45, 7) is 1.23. The van der Waals surface area contributed by atoms with Gasteiger partial charge in [-0.05, 0) is 17.7 Å². The molecule has 1 aromatic carbocycles. The van der Waals surface area contributed by atoms with E-state index in [4.69, 9.17) is 21.4 Å². The minimum atomic E-state index is -0.0488. The fourth-order valence-corrected chi connectivity index (χ4v) is 2.11. The van der Waals surface area contributed by atoms with Gasteiger partial charge in [-0.1, -0.05) is 17.7 Å². The van der Waals surface area contributed by atoms with E-state index in [2.05, 4.69) is 10.3 Å². The third-order valence-electron chi connectivity index (χ3n) is 2.90. The Balaban J connectivity index is 2.07. The van der Waals surface area contributed by atoms with E-state index in [1.54, 1.807) is 7.11 Å². The van der Waals surface area contributed by atoms with Crippen molar-refractivity contribution < 1.29 is 9.84 Å². The average Bonchev–Trinajstić information content (AvgIpc) is 2.76. The molecule has 1 heterocycles. The van der Waals surface area contributed by atoms with E-state index in [9.17, 15) is 0 Å². The smallest absolute Gasteiger partial charge is 0.0638 e. The van der Waals surface area contributed by atoms with Crippen molar-refractivity contribution in [2.45, 2.75) is 12.6 Å². The number of aromatic amines is 1. The van der Waals surface area contributed by atoms with Gasteiger partial charge in [-0.2, -0.15) is 0 Å². The quantitative estimate of drug-likeness (QED) is 0.750. The summed E-state index contributed by atoms with van der Waals surface area (Å²) < 4.78 is 5.02. The van der Waals surface area contributed by atoms with Gasteiger partial charge in [0, 0.05) is 35.8 Å². The first-order valence-corrected chi connectivity index (χ1v) is 6.21. The summed E-state index contributed by atoms with van der Waals surface area (Å²) in [5.74, 6) is 0. The molecule has 1 aromatic heterocycles. The van der Waals surface area contributed by atoms with Gasteiger partial charge < -0.3 is 20.1 Å². The highest BCUT2D eigenvalue weighted by Gasteiger charge is 2.08. The van der Waals surface area contributed by atoms with Gasteiger partial charge in [-0.3, -0.25) is 0 Å². The highest BCUT2D eigenvalue weighted by Crippen LogP contribution is 2.21. The zero-order valence-electron chi connectivity index (χ0n) is 10.2. The molecule has 0 spiro atoms. The van der Waals surface area contributed by atoms with Crippen molar-refractivity contribution >= 4 is 22.5 Å². The van der Waals surface area contributed by atoms with E-state index in [1.165, 1.54) is 0 Å². The lowest BCUT2D eigenvalue weighted by molar-refractivity contribution is 0.128. The Labute approximate surface area is 111 Å². The van der Waals surface area contributed by atoms with Crippen molar-refractivity contribution in [2.75, 3.05) is 20.3 Å². The molecule has 0 radical (unpaired) electrons.